The number of esters is 1. The minimum Gasteiger partial charge on any atom is -0.461 e. The molecular formula is C16H26N4O4. The second-order valence-electron chi connectivity index (χ2n) is 6.85. The molecule has 1 aromatic heterocycles. The van der Waals surface area contributed by atoms with E-state index in [0.29, 0.717) is 37.5 Å². The highest BCUT2D eigenvalue weighted by atomic mass is 16.6. The van der Waals surface area contributed by atoms with Crippen molar-refractivity contribution in [2.24, 2.45) is 0 Å². The largest absolute Gasteiger partial charge is 0.461 e. The van der Waals surface area contributed by atoms with E-state index in [1.807, 2.05) is 20.8 Å². The Labute approximate surface area is 142 Å². The Morgan fingerprint density at radius 3 is 2.46 bits per heavy atom. The lowest BCUT2D eigenvalue weighted by Gasteiger charge is -2.35. The van der Waals surface area contributed by atoms with Gasteiger partial charge in [-0.2, -0.15) is 5.10 Å². The molecule has 8 heteroatoms. The fraction of sp³-hybridized carbons (Fsp3) is 0.688. The molecule has 2 heterocycles. The van der Waals surface area contributed by atoms with Gasteiger partial charge in [0, 0.05) is 38.4 Å². The molecule has 1 aliphatic heterocycles. The van der Waals surface area contributed by atoms with E-state index in [2.05, 4.69) is 15.1 Å². The van der Waals surface area contributed by atoms with Crippen LogP contribution in [0, 0.1) is 6.92 Å². The van der Waals surface area contributed by atoms with Crippen LogP contribution in [0.3, 0.4) is 0 Å². The van der Waals surface area contributed by atoms with Gasteiger partial charge >= 0.3 is 12.1 Å². The first-order valence-corrected chi connectivity index (χ1v) is 8.13. The van der Waals surface area contributed by atoms with Crippen LogP contribution in [0.15, 0.2) is 6.20 Å². The van der Waals surface area contributed by atoms with E-state index in [-0.39, 0.29) is 12.1 Å². The summed E-state index contributed by atoms with van der Waals surface area (Å²) in [5.41, 5.74) is 0.684. The first-order chi connectivity index (χ1) is 11.3. The third-order valence-electron chi connectivity index (χ3n) is 3.71. The van der Waals surface area contributed by atoms with Crippen molar-refractivity contribution in [2.45, 2.75) is 33.3 Å². The standard InChI is InChI=1S/C16H26N4O4/c1-12-13(11-17-18-12)14(21)23-10-9-19-5-7-20(8-6-19)15(22)24-16(2,3)4/h11H,5-10H2,1-4H3,(H,17,18). The molecule has 1 saturated heterocycles. The third-order valence-corrected chi connectivity index (χ3v) is 3.71. The number of hydrogen-bond acceptors (Lipinski definition) is 6. The van der Waals surface area contributed by atoms with Crippen molar-refractivity contribution >= 4 is 12.1 Å². The minimum absolute atomic E-state index is 0.274. The number of carbonyl (C=O) groups excluding carboxylic acids is 2. The molecule has 0 aliphatic carbocycles. The Balaban J connectivity index is 1.67. The molecule has 2 rings (SSSR count). The van der Waals surface area contributed by atoms with Gasteiger partial charge in [0.2, 0.25) is 0 Å². The van der Waals surface area contributed by atoms with Gasteiger partial charge in [-0.25, -0.2) is 9.59 Å². The molecule has 1 aliphatic rings. The fourth-order valence-electron chi connectivity index (χ4n) is 2.38. The molecule has 24 heavy (non-hydrogen) atoms. The van der Waals surface area contributed by atoms with Gasteiger partial charge in [-0.3, -0.25) is 10.00 Å². The molecule has 0 bridgehead atoms. The van der Waals surface area contributed by atoms with E-state index in [9.17, 15) is 9.59 Å². The number of ether oxygens (including phenoxy) is 2. The van der Waals surface area contributed by atoms with Gasteiger partial charge in [0.05, 0.1) is 6.20 Å². The van der Waals surface area contributed by atoms with Crippen LogP contribution in [0.4, 0.5) is 4.79 Å². The highest BCUT2D eigenvalue weighted by Crippen LogP contribution is 2.12. The molecule has 1 fully saturated rings. The van der Waals surface area contributed by atoms with E-state index in [1.54, 1.807) is 11.8 Å². The van der Waals surface area contributed by atoms with Crippen LogP contribution in [0.5, 0.6) is 0 Å². The van der Waals surface area contributed by atoms with Crippen molar-refractivity contribution in [1.82, 2.24) is 20.0 Å². The predicted octanol–water partition coefficient (Wildman–Crippen LogP) is 1.43. The number of piperazine rings is 1. The summed E-state index contributed by atoms with van der Waals surface area (Å²) in [5.74, 6) is -0.367. The highest BCUT2D eigenvalue weighted by molar-refractivity contribution is 5.90. The van der Waals surface area contributed by atoms with Crippen LogP contribution in [0.25, 0.3) is 0 Å². The van der Waals surface area contributed by atoms with Gasteiger partial charge in [-0.1, -0.05) is 0 Å². The van der Waals surface area contributed by atoms with E-state index in [4.69, 9.17) is 9.47 Å². The predicted molar refractivity (Wildman–Crippen MR) is 87.9 cm³/mol. The summed E-state index contributed by atoms with van der Waals surface area (Å²) < 4.78 is 10.6. The molecular weight excluding hydrogens is 312 g/mol. The van der Waals surface area contributed by atoms with E-state index in [0.717, 1.165) is 13.1 Å². The Kier molecular flexibility index (Phi) is 5.82. The number of nitrogens with one attached hydrogen (secondary N) is 1. The lowest BCUT2D eigenvalue weighted by Crippen LogP contribution is -2.50. The maximum atomic E-state index is 12.0. The number of amides is 1. The van der Waals surface area contributed by atoms with Crippen LogP contribution in [-0.4, -0.2) is 77.0 Å². The number of H-pyrrole nitrogens is 1. The van der Waals surface area contributed by atoms with E-state index >= 15 is 0 Å². The van der Waals surface area contributed by atoms with E-state index in [1.165, 1.54) is 6.20 Å². The zero-order valence-corrected chi connectivity index (χ0v) is 14.8. The van der Waals surface area contributed by atoms with Crippen LogP contribution < -0.4 is 0 Å². The average Bonchev–Trinajstić information content (AvgIpc) is 2.92. The summed E-state index contributed by atoms with van der Waals surface area (Å²) in [6.07, 6.45) is 1.20. The number of hydrogen-bond donors (Lipinski definition) is 1. The number of nitrogens with zero attached hydrogens (tertiary/aromatic N) is 3. The van der Waals surface area contributed by atoms with Gasteiger partial charge in [0.15, 0.2) is 0 Å². The van der Waals surface area contributed by atoms with E-state index < -0.39 is 5.60 Å². The quantitative estimate of drug-likeness (QED) is 0.836. The molecule has 8 nitrogen and oxygen atoms in total. The number of rotatable bonds is 4. The topological polar surface area (TPSA) is 87.8 Å². The Morgan fingerprint density at radius 1 is 1.25 bits per heavy atom. The van der Waals surface area contributed by atoms with Crippen molar-refractivity contribution in [3.8, 4) is 0 Å². The summed E-state index contributed by atoms with van der Waals surface area (Å²) >= 11 is 0. The normalized spacial score (nSPS) is 16.1. The van der Waals surface area contributed by atoms with Crippen molar-refractivity contribution < 1.29 is 19.1 Å². The summed E-state index contributed by atoms with van der Waals surface area (Å²) in [7, 11) is 0. The Hall–Kier alpha value is -2.09. The molecule has 0 saturated carbocycles. The first kappa shape index (κ1) is 18.3. The molecule has 0 aromatic carbocycles. The molecule has 0 radical (unpaired) electrons. The van der Waals surface area contributed by atoms with Crippen LogP contribution in [0.1, 0.15) is 36.8 Å². The third kappa shape index (κ3) is 5.23. The number of carbonyl (C=O) groups is 2. The van der Waals surface area contributed by atoms with Crippen LogP contribution in [-0.2, 0) is 9.47 Å². The summed E-state index contributed by atoms with van der Waals surface area (Å²) in [6.45, 7) is 11.0. The molecule has 1 N–H and O–H groups in total. The number of aromatic nitrogens is 2. The van der Waals surface area contributed by atoms with Gasteiger partial charge in [0.25, 0.3) is 0 Å². The average molecular weight is 338 g/mol. The molecule has 1 aromatic rings. The first-order valence-electron chi connectivity index (χ1n) is 8.13. The summed E-state index contributed by atoms with van der Waals surface area (Å²) in [6, 6.07) is 0. The second kappa shape index (κ2) is 7.65. The number of aromatic amines is 1. The van der Waals surface area contributed by atoms with Crippen molar-refractivity contribution in [1.29, 1.82) is 0 Å². The number of aryl methyl sites for hydroxylation is 1. The Morgan fingerprint density at radius 2 is 1.92 bits per heavy atom. The van der Waals surface area contributed by atoms with Crippen molar-refractivity contribution in [3.63, 3.8) is 0 Å². The Bertz CT molecular complexity index is 571. The molecule has 1 amide bonds. The maximum absolute atomic E-state index is 12.0. The van der Waals surface area contributed by atoms with Crippen LogP contribution in [0.2, 0.25) is 0 Å². The molecule has 0 spiro atoms. The molecule has 134 valence electrons. The maximum Gasteiger partial charge on any atom is 0.410 e. The fourth-order valence-corrected chi connectivity index (χ4v) is 2.38. The SMILES string of the molecule is Cc1[nH]ncc1C(=O)OCCN1CCN(C(=O)OC(C)(C)C)CC1. The lowest BCUT2D eigenvalue weighted by atomic mass is 10.2. The van der Waals surface area contributed by atoms with Crippen molar-refractivity contribution in [3.05, 3.63) is 17.5 Å². The van der Waals surface area contributed by atoms with Gasteiger partial charge < -0.3 is 14.4 Å². The smallest absolute Gasteiger partial charge is 0.410 e. The second-order valence-corrected chi connectivity index (χ2v) is 6.85. The zero-order chi connectivity index (χ0) is 17.7. The molecule has 0 unspecified atom stereocenters. The van der Waals surface area contributed by atoms with Gasteiger partial charge in [-0.05, 0) is 27.7 Å². The highest BCUT2D eigenvalue weighted by Gasteiger charge is 2.25. The van der Waals surface area contributed by atoms with Gasteiger partial charge in [-0.15, -0.1) is 0 Å². The summed E-state index contributed by atoms with van der Waals surface area (Å²) in [5, 5.41) is 6.52. The zero-order valence-electron chi connectivity index (χ0n) is 14.8. The monoisotopic (exact) mass is 338 g/mol. The molecule has 0 atom stereocenters. The van der Waals surface area contributed by atoms with Crippen LogP contribution >= 0.6 is 0 Å². The minimum atomic E-state index is -0.479. The van der Waals surface area contributed by atoms with Crippen molar-refractivity contribution in [2.75, 3.05) is 39.3 Å². The van der Waals surface area contributed by atoms with Gasteiger partial charge in [0.1, 0.15) is 17.8 Å². The lowest BCUT2D eigenvalue weighted by molar-refractivity contribution is 0.0121. The summed E-state index contributed by atoms with van der Waals surface area (Å²) in [4.78, 5) is 27.7.